The van der Waals surface area contributed by atoms with Crippen molar-refractivity contribution >= 4 is 39.2 Å². The van der Waals surface area contributed by atoms with E-state index in [0.717, 1.165) is 12.3 Å². The number of carbonyl (C=O) groups excluding carboxylic acids is 1. The van der Waals surface area contributed by atoms with E-state index in [1.54, 1.807) is 6.92 Å². The van der Waals surface area contributed by atoms with E-state index in [1.807, 2.05) is 0 Å². The smallest absolute Gasteiger partial charge is 0.323 e. The molecule has 1 N–H and O–H groups in total. The summed E-state index contributed by atoms with van der Waals surface area (Å²) in [6.45, 7) is 1.65. The first-order chi connectivity index (χ1) is 8.81. The maximum Gasteiger partial charge on any atom is 0.323 e. The molecule has 1 rings (SSSR count). The zero-order chi connectivity index (χ0) is 14.6. The Morgan fingerprint density at radius 1 is 1.53 bits per heavy atom. The van der Waals surface area contributed by atoms with Crippen molar-refractivity contribution in [2.45, 2.75) is 24.3 Å². The highest BCUT2D eigenvalue weighted by atomic mass is 35.5. The second kappa shape index (κ2) is 6.51. The Morgan fingerprint density at radius 2 is 2.16 bits per heavy atom. The highest BCUT2D eigenvalue weighted by Gasteiger charge is 2.25. The van der Waals surface area contributed by atoms with E-state index in [0.29, 0.717) is 0 Å². The Bertz CT molecular complexity index is 577. The van der Waals surface area contributed by atoms with Crippen LogP contribution in [-0.4, -0.2) is 32.5 Å². The number of nitrogens with zero attached hydrogens (tertiary/aromatic N) is 1. The SMILES string of the molecule is CCC(NS(=O)(=O)c1cnc(Cl)c(Cl)c1)C(=O)OC. The average molecular weight is 327 g/mol. The van der Waals surface area contributed by atoms with Crippen molar-refractivity contribution in [3.8, 4) is 0 Å². The second-order valence-electron chi connectivity index (χ2n) is 3.55. The van der Waals surface area contributed by atoms with Gasteiger partial charge in [0.05, 0.1) is 12.1 Å². The molecule has 9 heteroatoms. The van der Waals surface area contributed by atoms with Gasteiger partial charge in [0, 0.05) is 6.20 Å². The fourth-order valence-corrected chi connectivity index (χ4v) is 2.82. The molecule has 0 saturated carbocycles. The van der Waals surface area contributed by atoms with E-state index in [2.05, 4.69) is 14.4 Å². The number of esters is 1. The van der Waals surface area contributed by atoms with Crippen LogP contribution >= 0.6 is 23.2 Å². The molecule has 19 heavy (non-hydrogen) atoms. The van der Waals surface area contributed by atoms with Gasteiger partial charge in [-0.05, 0) is 12.5 Å². The normalized spacial score (nSPS) is 13.1. The molecule has 0 saturated heterocycles. The number of nitrogens with one attached hydrogen (secondary N) is 1. The summed E-state index contributed by atoms with van der Waals surface area (Å²) in [7, 11) is -2.74. The number of aromatic nitrogens is 1. The van der Waals surface area contributed by atoms with Crippen molar-refractivity contribution in [3.05, 3.63) is 22.4 Å². The molecule has 1 atom stereocenters. The maximum atomic E-state index is 12.0. The van der Waals surface area contributed by atoms with Gasteiger partial charge in [0.2, 0.25) is 10.0 Å². The van der Waals surface area contributed by atoms with Gasteiger partial charge >= 0.3 is 5.97 Å². The molecular weight excluding hydrogens is 315 g/mol. The molecule has 0 radical (unpaired) electrons. The number of hydrogen-bond donors (Lipinski definition) is 1. The zero-order valence-corrected chi connectivity index (χ0v) is 12.5. The third kappa shape index (κ3) is 4.04. The quantitative estimate of drug-likeness (QED) is 0.656. The largest absolute Gasteiger partial charge is 0.468 e. The van der Waals surface area contributed by atoms with Gasteiger partial charge in [-0.3, -0.25) is 4.79 Å². The summed E-state index contributed by atoms with van der Waals surface area (Å²) in [5.41, 5.74) is 0. The summed E-state index contributed by atoms with van der Waals surface area (Å²) >= 11 is 11.3. The molecule has 0 bridgehead atoms. The van der Waals surface area contributed by atoms with Crippen molar-refractivity contribution in [3.63, 3.8) is 0 Å². The van der Waals surface area contributed by atoms with Crippen LogP contribution in [0.25, 0.3) is 0 Å². The first-order valence-corrected chi connectivity index (χ1v) is 7.47. The van der Waals surface area contributed by atoms with Crippen LogP contribution in [0, 0.1) is 0 Å². The molecule has 0 spiro atoms. The van der Waals surface area contributed by atoms with Crippen LogP contribution in [-0.2, 0) is 19.6 Å². The minimum atomic E-state index is -3.92. The fourth-order valence-electron chi connectivity index (χ4n) is 1.25. The number of rotatable bonds is 5. The highest BCUT2D eigenvalue weighted by molar-refractivity contribution is 7.89. The van der Waals surface area contributed by atoms with Gasteiger partial charge in [-0.25, -0.2) is 13.4 Å². The fraction of sp³-hybridized carbons (Fsp3) is 0.400. The summed E-state index contributed by atoms with van der Waals surface area (Å²) in [6.07, 6.45) is 1.31. The molecule has 1 aromatic heterocycles. The number of ether oxygens (including phenoxy) is 1. The predicted molar refractivity (Wildman–Crippen MR) is 70.7 cm³/mol. The number of methoxy groups -OCH3 is 1. The van der Waals surface area contributed by atoms with Crippen molar-refractivity contribution in [1.29, 1.82) is 0 Å². The van der Waals surface area contributed by atoms with Crippen LogP contribution in [0.3, 0.4) is 0 Å². The first-order valence-electron chi connectivity index (χ1n) is 5.23. The Kier molecular flexibility index (Phi) is 5.54. The minimum Gasteiger partial charge on any atom is -0.468 e. The molecule has 1 unspecified atom stereocenters. The van der Waals surface area contributed by atoms with E-state index in [1.165, 1.54) is 7.11 Å². The molecule has 6 nitrogen and oxygen atoms in total. The molecule has 0 aliphatic rings. The van der Waals surface area contributed by atoms with Crippen molar-refractivity contribution in [2.24, 2.45) is 0 Å². The van der Waals surface area contributed by atoms with Gasteiger partial charge in [-0.15, -0.1) is 0 Å². The minimum absolute atomic E-state index is 0.000580. The number of pyridine rings is 1. The Morgan fingerprint density at radius 3 is 2.63 bits per heavy atom. The van der Waals surface area contributed by atoms with Crippen LogP contribution in [0.5, 0.6) is 0 Å². The average Bonchev–Trinajstić information content (AvgIpc) is 2.38. The first kappa shape index (κ1) is 16.2. The molecular formula is C10H12Cl2N2O4S. The van der Waals surface area contributed by atoms with Crippen LogP contribution in [0.15, 0.2) is 17.2 Å². The molecule has 0 aromatic carbocycles. The Labute approximate surface area is 121 Å². The molecule has 0 fully saturated rings. The number of halogens is 2. The third-order valence-corrected chi connectivity index (χ3v) is 4.40. The lowest BCUT2D eigenvalue weighted by molar-refractivity contribution is -0.142. The Hall–Kier alpha value is -0.890. The molecule has 106 valence electrons. The standard InChI is InChI=1S/C10H12Cl2N2O4S/c1-3-8(10(15)18-2)14-19(16,17)6-4-7(11)9(12)13-5-6/h4-5,8,14H,3H2,1-2H3. The highest BCUT2D eigenvalue weighted by Crippen LogP contribution is 2.22. The molecule has 0 aliphatic heterocycles. The number of hydrogen-bond acceptors (Lipinski definition) is 5. The van der Waals surface area contributed by atoms with Gasteiger partial charge in [-0.1, -0.05) is 30.1 Å². The summed E-state index contributed by atoms with van der Waals surface area (Å²) in [4.78, 5) is 14.8. The summed E-state index contributed by atoms with van der Waals surface area (Å²) < 4.78 is 30.8. The Balaban J connectivity index is 3.03. The molecule has 1 heterocycles. The van der Waals surface area contributed by atoms with Gasteiger partial charge < -0.3 is 4.74 Å². The van der Waals surface area contributed by atoms with E-state index < -0.39 is 22.0 Å². The van der Waals surface area contributed by atoms with E-state index in [9.17, 15) is 13.2 Å². The summed E-state index contributed by atoms with van der Waals surface area (Å²) in [6, 6.07) is 0.188. The summed E-state index contributed by atoms with van der Waals surface area (Å²) in [5.74, 6) is -0.668. The van der Waals surface area contributed by atoms with Gasteiger partial charge in [0.1, 0.15) is 16.1 Å². The molecule has 0 aliphatic carbocycles. The van der Waals surface area contributed by atoms with E-state index in [4.69, 9.17) is 23.2 Å². The van der Waals surface area contributed by atoms with Gasteiger partial charge in [0.15, 0.2) is 0 Å². The molecule has 1 aromatic rings. The lowest BCUT2D eigenvalue weighted by Gasteiger charge is -2.14. The third-order valence-electron chi connectivity index (χ3n) is 2.27. The van der Waals surface area contributed by atoms with Crippen LogP contribution in [0.4, 0.5) is 0 Å². The van der Waals surface area contributed by atoms with Crippen molar-refractivity contribution < 1.29 is 17.9 Å². The lowest BCUT2D eigenvalue weighted by Crippen LogP contribution is -2.40. The van der Waals surface area contributed by atoms with Crippen molar-refractivity contribution in [1.82, 2.24) is 9.71 Å². The van der Waals surface area contributed by atoms with Gasteiger partial charge in [-0.2, -0.15) is 4.72 Å². The van der Waals surface area contributed by atoms with E-state index in [-0.39, 0.29) is 21.5 Å². The maximum absolute atomic E-state index is 12.0. The number of carbonyl (C=O) groups is 1. The monoisotopic (exact) mass is 326 g/mol. The molecule has 0 amide bonds. The zero-order valence-electron chi connectivity index (χ0n) is 10.2. The predicted octanol–water partition coefficient (Wildman–Crippen LogP) is 1.62. The second-order valence-corrected chi connectivity index (χ2v) is 6.03. The van der Waals surface area contributed by atoms with Crippen LogP contribution in [0.2, 0.25) is 10.2 Å². The summed E-state index contributed by atoms with van der Waals surface area (Å²) in [5, 5.41) is 0.0104. The topological polar surface area (TPSA) is 85.4 Å². The van der Waals surface area contributed by atoms with E-state index >= 15 is 0 Å². The van der Waals surface area contributed by atoms with Crippen molar-refractivity contribution in [2.75, 3.05) is 7.11 Å². The van der Waals surface area contributed by atoms with Crippen LogP contribution < -0.4 is 4.72 Å². The van der Waals surface area contributed by atoms with Gasteiger partial charge in [0.25, 0.3) is 0 Å². The lowest BCUT2D eigenvalue weighted by atomic mass is 10.2. The van der Waals surface area contributed by atoms with Crippen LogP contribution in [0.1, 0.15) is 13.3 Å². The number of sulfonamides is 1.